The summed E-state index contributed by atoms with van der Waals surface area (Å²) in [5.74, 6) is 0.756. The highest BCUT2D eigenvalue weighted by molar-refractivity contribution is 7.91. The third kappa shape index (κ3) is 4.41. The molecule has 0 fully saturated rings. The Balaban J connectivity index is 2.69. The Morgan fingerprint density at radius 2 is 2.18 bits per heavy atom. The van der Waals surface area contributed by atoms with E-state index < -0.39 is 10.0 Å². The van der Waals surface area contributed by atoms with Gasteiger partial charge in [-0.25, -0.2) is 13.1 Å². The molecule has 0 bridgehead atoms. The van der Waals surface area contributed by atoms with Crippen molar-refractivity contribution in [2.45, 2.75) is 24.5 Å². The van der Waals surface area contributed by atoms with Gasteiger partial charge in [-0.15, -0.1) is 22.9 Å². The number of hydrogen-bond acceptors (Lipinski definition) is 3. The van der Waals surface area contributed by atoms with Crippen molar-refractivity contribution in [3.63, 3.8) is 0 Å². The summed E-state index contributed by atoms with van der Waals surface area (Å²) in [7, 11) is -3.43. The normalized spacial score (nSPS) is 13.9. The molecule has 1 atom stereocenters. The van der Waals surface area contributed by atoms with Crippen LogP contribution in [0, 0.1) is 12.8 Å². The van der Waals surface area contributed by atoms with Gasteiger partial charge < -0.3 is 0 Å². The fourth-order valence-electron chi connectivity index (χ4n) is 1.18. The molecule has 0 aliphatic heterocycles. The molecular weight excluding hydrogens is 301 g/mol. The summed E-state index contributed by atoms with van der Waals surface area (Å²) in [4.78, 5) is 0. The second kappa shape index (κ2) is 6.38. The molecule has 7 heteroatoms. The third-order valence-corrected chi connectivity index (χ3v) is 5.99. The highest BCUT2D eigenvalue weighted by Gasteiger charge is 2.18. The van der Waals surface area contributed by atoms with Crippen LogP contribution in [-0.4, -0.2) is 20.8 Å². The number of alkyl halides is 1. The van der Waals surface area contributed by atoms with Crippen LogP contribution in [0.3, 0.4) is 0 Å². The van der Waals surface area contributed by atoms with Gasteiger partial charge in [0.05, 0.1) is 4.34 Å². The van der Waals surface area contributed by atoms with E-state index in [2.05, 4.69) is 4.72 Å². The molecule has 0 radical (unpaired) electrons. The van der Waals surface area contributed by atoms with Gasteiger partial charge in [0.25, 0.3) is 0 Å². The second-order valence-electron chi connectivity index (χ2n) is 3.96. The number of nitrogens with one attached hydrogen (secondary N) is 1. The van der Waals surface area contributed by atoms with E-state index in [-0.39, 0.29) is 10.1 Å². The average Bonchev–Trinajstić information content (AvgIpc) is 2.58. The first kappa shape index (κ1) is 15.2. The zero-order chi connectivity index (χ0) is 13.1. The van der Waals surface area contributed by atoms with E-state index in [1.165, 1.54) is 0 Å². The summed E-state index contributed by atoms with van der Waals surface area (Å²) in [5.41, 5.74) is 0.783. The van der Waals surface area contributed by atoms with Gasteiger partial charge >= 0.3 is 0 Å². The lowest BCUT2D eigenvalue weighted by molar-refractivity contribution is 0.531. The number of thiophene rings is 1. The summed E-state index contributed by atoms with van der Waals surface area (Å²) in [6.45, 7) is 4.13. The first-order valence-corrected chi connectivity index (χ1v) is 8.39. The Bertz CT molecular complexity index is 451. The lowest BCUT2D eigenvalue weighted by atomic mass is 10.1. The summed E-state index contributed by atoms with van der Waals surface area (Å²) >= 11 is 12.5. The van der Waals surface area contributed by atoms with E-state index in [4.69, 9.17) is 23.2 Å². The molecule has 1 N–H and O–H groups in total. The maximum absolute atomic E-state index is 11.9. The van der Waals surface area contributed by atoms with Crippen LogP contribution in [0.1, 0.15) is 18.9 Å². The van der Waals surface area contributed by atoms with Crippen LogP contribution in [-0.2, 0) is 10.0 Å². The minimum atomic E-state index is -3.43. The minimum Gasteiger partial charge on any atom is -0.210 e. The van der Waals surface area contributed by atoms with Crippen molar-refractivity contribution in [3.8, 4) is 0 Å². The highest BCUT2D eigenvalue weighted by atomic mass is 35.5. The molecule has 0 saturated heterocycles. The number of sulfonamides is 1. The second-order valence-corrected chi connectivity index (χ2v) is 7.98. The van der Waals surface area contributed by atoms with Crippen LogP contribution in [0.25, 0.3) is 0 Å². The number of hydrogen-bond donors (Lipinski definition) is 1. The van der Waals surface area contributed by atoms with Crippen LogP contribution < -0.4 is 4.72 Å². The summed E-state index contributed by atoms with van der Waals surface area (Å²) < 4.78 is 27.2. The molecule has 0 aliphatic carbocycles. The van der Waals surface area contributed by atoms with Gasteiger partial charge in [0.1, 0.15) is 4.21 Å². The lowest BCUT2D eigenvalue weighted by Gasteiger charge is -2.10. The van der Waals surface area contributed by atoms with Crippen LogP contribution >= 0.6 is 34.5 Å². The quantitative estimate of drug-likeness (QED) is 0.819. The van der Waals surface area contributed by atoms with Crippen LogP contribution in [0.4, 0.5) is 0 Å². The molecule has 1 rings (SSSR count). The zero-order valence-electron chi connectivity index (χ0n) is 9.66. The van der Waals surface area contributed by atoms with Crippen molar-refractivity contribution in [1.29, 1.82) is 0 Å². The molecule has 0 aliphatic rings. The average molecular weight is 316 g/mol. The predicted octanol–water partition coefficient (Wildman–Crippen LogP) is 3.25. The van der Waals surface area contributed by atoms with Crippen molar-refractivity contribution in [2.24, 2.45) is 5.92 Å². The van der Waals surface area contributed by atoms with Crippen molar-refractivity contribution in [2.75, 3.05) is 12.4 Å². The van der Waals surface area contributed by atoms with Crippen LogP contribution in [0.5, 0.6) is 0 Å². The summed E-state index contributed by atoms with van der Waals surface area (Å²) in [6, 6.07) is 1.58. The molecule has 1 heterocycles. The summed E-state index contributed by atoms with van der Waals surface area (Å²) in [5, 5.41) is 0. The van der Waals surface area contributed by atoms with E-state index in [1.54, 1.807) is 13.0 Å². The fraction of sp³-hybridized carbons (Fsp3) is 0.600. The Labute approximate surface area is 116 Å². The van der Waals surface area contributed by atoms with Crippen molar-refractivity contribution >= 4 is 44.6 Å². The molecule has 0 spiro atoms. The van der Waals surface area contributed by atoms with Crippen LogP contribution in [0.2, 0.25) is 4.34 Å². The smallest absolute Gasteiger partial charge is 0.210 e. The largest absolute Gasteiger partial charge is 0.250 e. The standard InChI is InChI=1S/C10H15Cl2NO2S2/c1-7(3-4-11)6-13-17(14,15)9-5-8(2)10(12)16-9/h5,7,13H,3-4,6H2,1-2H3. The maximum Gasteiger partial charge on any atom is 0.250 e. The predicted molar refractivity (Wildman–Crippen MR) is 73.8 cm³/mol. The molecule has 0 aromatic carbocycles. The number of aryl methyl sites for hydroxylation is 1. The van der Waals surface area contributed by atoms with E-state index in [0.717, 1.165) is 23.3 Å². The number of rotatable bonds is 6. The minimum absolute atomic E-state index is 0.221. The van der Waals surface area contributed by atoms with Gasteiger partial charge in [0, 0.05) is 12.4 Å². The SMILES string of the molecule is Cc1cc(S(=O)(=O)NCC(C)CCCl)sc1Cl. The van der Waals surface area contributed by atoms with Gasteiger partial charge in [-0.3, -0.25) is 0 Å². The first-order chi connectivity index (χ1) is 7.86. The number of halogens is 2. The van der Waals surface area contributed by atoms with Crippen molar-refractivity contribution in [1.82, 2.24) is 4.72 Å². The topological polar surface area (TPSA) is 46.2 Å². The molecule has 3 nitrogen and oxygen atoms in total. The van der Waals surface area contributed by atoms with Crippen LogP contribution in [0.15, 0.2) is 10.3 Å². The Morgan fingerprint density at radius 3 is 2.65 bits per heavy atom. The Kier molecular flexibility index (Phi) is 5.73. The van der Waals surface area contributed by atoms with Crippen molar-refractivity contribution < 1.29 is 8.42 Å². The van der Waals surface area contributed by atoms with E-state index in [1.807, 2.05) is 6.92 Å². The fourth-order valence-corrected chi connectivity index (χ4v) is 4.47. The monoisotopic (exact) mass is 315 g/mol. The molecular formula is C10H15Cl2NO2S2. The summed E-state index contributed by atoms with van der Waals surface area (Å²) in [6.07, 6.45) is 0.786. The van der Waals surface area contributed by atoms with Gasteiger partial charge in [-0.2, -0.15) is 0 Å². The van der Waals surface area contributed by atoms with Crippen molar-refractivity contribution in [3.05, 3.63) is 16.0 Å². The van der Waals surface area contributed by atoms with Gasteiger partial charge in [0.15, 0.2) is 0 Å². The molecule has 1 aromatic heterocycles. The van der Waals surface area contributed by atoms with Gasteiger partial charge in [0.2, 0.25) is 10.0 Å². The molecule has 1 unspecified atom stereocenters. The Morgan fingerprint density at radius 1 is 1.53 bits per heavy atom. The Hall–Kier alpha value is 0.190. The van der Waals surface area contributed by atoms with Gasteiger partial charge in [-0.05, 0) is 30.9 Å². The molecule has 17 heavy (non-hydrogen) atoms. The molecule has 1 aromatic rings. The highest BCUT2D eigenvalue weighted by Crippen LogP contribution is 2.29. The molecule has 0 saturated carbocycles. The van der Waals surface area contributed by atoms with E-state index in [0.29, 0.717) is 16.8 Å². The zero-order valence-corrected chi connectivity index (χ0v) is 12.8. The van der Waals surface area contributed by atoms with E-state index in [9.17, 15) is 8.42 Å². The van der Waals surface area contributed by atoms with Gasteiger partial charge in [-0.1, -0.05) is 18.5 Å². The lowest BCUT2D eigenvalue weighted by Crippen LogP contribution is -2.28. The van der Waals surface area contributed by atoms with E-state index >= 15 is 0 Å². The molecule has 98 valence electrons. The first-order valence-electron chi connectivity index (χ1n) is 5.18. The third-order valence-electron chi connectivity index (χ3n) is 2.32. The molecule has 0 amide bonds. The maximum atomic E-state index is 11.9.